The number of thioether (sulfide) groups is 1. The normalized spacial score (nSPS) is 10.6. The lowest BCUT2D eigenvalue weighted by molar-refractivity contribution is -0.113. The summed E-state index contributed by atoms with van der Waals surface area (Å²) in [7, 11) is 0. The minimum absolute atomic E-state index is 0.0191. The van der Waals surface area contributed by atoms with Gasteiger partial charge in [0.05, 0.1) is 17.1 Å². The van der Waals surface area contributed by atoms with Gasteiger partial charge in [-0.25, -0.2) is 18.4 Å². The second-order valence-electron chi connectivity index (χ2n) is 4.77. The Labute approximate surface area is 140 Å². The van der Waals surface area contributed by atoms with Gasteiger partial charge >= 0.3 is 0 Å². The molecule has 1 amide bonds. The molecule has 1 heterocycles. The van der Waals surface area contributed by atoms with Crippen molar-refractivity contribution in [2.24, 2.45) is 0 Å². The van der Waals surface area contributed by atoms with Crippen LogP contribution >= 0.6 is 11.8 Å². The minimum Gasteiger partial charge on any atom is -0.323 e. The first-order valence-corrected chi connectivity index (χ1v) is 7.95. The molecule has 3 aromatic rings. The second kappa shape index (κ2) is 7.22. The molecule has 2 aromatic carbocycles. The number of halogens is 2. The van der Waals surface area contributed by atoms with Crippen molar-refractivity contribution in [3.63, 3.8) is 0 Å². The van der Waals surface area contributed by atoms with Crippen molar-refractivity contribution in [3.8, 4) is 5.69 Å². The lowest BCUT2D eigenvalue weighted by atomic mass is 10.3. The summed E-state index contributed by atoms with van der Waals surface area (Å²) in [5.41, 5.74) is 0.659. The number of nitrogens with zero attached hydrogens (tertiary/aromatic N) is 3. The summed E-state index contributed by atoms with van der Waals surface area (Å²) in [5.74, 6) is -1.81. The number of hydrogen-bond donors (Lipinski definition) is 1. The van der Waals surface area contributed by atoms with Gasteiger partial charge in [-0.1, -0.05) is 30.0 Å². The van der Waals surface area contributed by atoms with E-state index in [1.165, 1.54) is 0 Å². The van der Waals surface area contributed by atoms with Gasteiger partial charge in [0.1, 0.15) is 18.0 Å². The lowest BCUT2D eigenvalue weighted by Gasteiger charge is -2.05. The third-order valence-corrected chi connectivity index (χ3v) is 3.88. The van der Waals surface area contributed by atoms with Crippen LogP contribution in [0, 0.1) is 11.6 Å². The van der Waals surface area contributed by atoms with Gasteiger partial charge in [0.25, 0.3) is 0 Å². The summed E-state index contributed by atoms with van der Waals surface area (Å²) in [4.78, 5) is 15.9. The fraction of sp³-hybridized carbons (Fsp3) is 0.0625. The molecule has 8 heteroatoms. The van der Waals surface area contributed by atoms with Crippen molar-refractivity contribution >= 4 is 23.4 Å². The van der Waals surface area contributed by atoms with Crippen LogP contribution < -0.4 is 5.32 Å². The van der Waals surface area contributed by atoms with Crippen LogP contribution in [-0.2, 0) is 4.79 Å². The van der Waals surface area contributed by atoms with E-state index < -0.39 is 17.5 Å². The first-order valence-electron chi connectivity index (χ1n) is 6.96. The average molecular weight is 346 g/mol. The topological polar surface area (TPSA) is 59.8 Å². The Hall–Kier alpha value is -2.74. The fourth-order valence-electron chi connectivity index (χ4n) is 1.93. The fourth-order valence-corrected chi connectivity index (χ4v) is 2.53. The quantitative estimate of drug-likeness (QED) is 0.720. The van der Waals surface area contributed by atoms with Gasteiger partial charge in [0.2, 0.25) is 11.1 Å². The predicted molar refractivity (Wildman–Crippen MR) is 87.1 cm³/mol. The van der Waals surface area contributed by atoms with Crippen LogP contribution in [0.5, 0.6) is 0 Å². The first-order chi connectivity index (χ1) is 11.6. The van der Waals surface area contributed by atoms with Crippen LogP contribution in [-0.4, -0.2) is 26.4 Å². The van der Waals surface area contributed by atoms with Crippen LogP contribution in [0.2, 0.25) is 0 Å². The smallest absolute Gasteiger partial charge is 0.234 e. The molecule has 3 rings (SSSR count). The Bertz CT molecular complexity index is 854. The van der Waals surface area contributed by atoms with Crippen molar-refractivity contribution in [2.75, 3.05) is 11.1 Å². The zero-order valence-corrected chi connectivity index (χ0v) is 13.1. The molecule has 1 N–H and O–H groups in total. The van der Waals surface area contributed by atoms with Crippen molar-refractivity contribution in [1.29, 1.82) is 0 Å². The van der Waals surface area contributed by atoms with Crippen LogP contribution in [0.15, 0.2) is 60.0 Å². The summed E-state index contributed by atoms with van der Waals surface area (Å²) in [6.45, 7) is 0. The van der Waals surface area contributed by atoms with Crippen molar-refractivity contribution in [1.82, 2.24) is 14.8 Å². The molecule has 1 aromatic heterocycles. The largest absolute Gasteiger partial charge is 0.323 e. The molecule has 0 aliphatic heterocycles. The van der Waals surface area contributed by atoms with Gasteiger partial charge in [-0.05, 0) is 24.3 Å². The van der Waals surface area contributed by atoms with E-state index in [0.29, 0.717) is 5.16 Å². The molecule has 0 bridgehead atoms. The van der Waals surface area contributed by atoms with E-state index in [0.717, 1.165) is 35.6 Å². The van der Waals surface area contributed by atoms with Crippen molar-refractivity contribution < 1.29 is 13.6 Å². The summed E-state index contributed by atoms with van der Waals surface area (Å²) < 4.78 is 28.1. The molecule has 0 saturated heterocycles. The standard InChI is InChI=1S/C16H12F2N4OS/c17-11-6-7-13(18)14(8-11)20-15(23)9-24-16-19-10-22(21-16)12-4-2-1-3-5-12/h1-8,10H,9H2,(H,20,23). The molecule has 0 unspecified atom stereocenters. The van der Waals surface area contributed by atoms with Crippen molar-refractivity contribution in [3.05, 3.63) is 66.5 Å². The average Bonchev–Trinajstić information content (AvgIpc) is 3.06. The van der Waals surface area contributed by atoms with Gasteiger partial charge < -0.3 is 5.32 Å². The molecular formula is C16H12F2N4OS. The zero-order chi connectivity index (χ0) is 16.9. The van der Waals surface area contributed by atoms with Crippen molar-refractivity contribution in [2.45, 2.75) is 5.16 Å². The van der Waals surface area contributed by atoms with Gasteiger partial charge in [-0.3, -0.25) is 4.79 Å². The summed E-state index contributed by atoms with van der Waals surface area (Å²) >= 11 is 1.10. The molecule has 0 aliphatic rings. The highest BCUT2D eigenvalue weighted by molar-refractivity contribution is 7.99. The third kappa shape index (κ3) is 3.96. The monoisotopic (exact) mass is 346 g/mol. The number of carbonyl (C=O) groups is 1. The van der Waals surface area contributed by atoms with Gasteiger partial charge in [-0.2, -0.15) is 0 Å². The summed E-state index contributed by atoms with van der Waals surface area (Å²) in [6, 6.07) is 12.3. The molecule has 122 valence electrons. The summed E-state index contributed by atoms with van der Waals surface area (Å²) in [5, 5.41) is 6.98. The van der Waals surface area contributed by atoms with Crippen LogP contribution in [0.4, 0.5) is 14.5 Å². The van der Waals surface area contributed by atoms with Gasteiger partial charge in [0.15, 0.2) is 0 Å². The molecule has 0 fully saturated rings. The Kier molecular flexibility index (Phi) is 4.85. The number of amides is 1. The highest BCUT2D eigenvalue weighted by Crippen LogP contribution is 2.18. The van der Waals surface area contributed by atoms with Crippen LogP contribution in [0.25, 0.3) is 5.69 Å². The van der Waals surface area contributed by atoms with Crippen LogP contribution in [0.1, 0.15) is 0 Å². The summed E-state index contributed by atoms with van der Waals surface area (Å²) in [6.07, 6.45) is 1.54. The minimum atomic E-state index is -0.693. The molecule has 0 saturated carbocycles. The maximum atomic E-state index is 13.5. The maximum Gasteiger partial charge on any atom is 0.234 e. The Morgan fingerprint density at radius 2 is 1.96 bits per heavy atom. The van der Waals surface area contributed by atoms with E-state index in [2.05, 4.69) is 15.4 Å². The SMILES string of the molecule is O=C(CSc1ncn(-c2ccccc2)n1)Nc1cc(F)ccc1F. The molecule has 0 aliphatic carbocycles. The number of nitrogens with one attached hydrogen (secondary N) is 1. The molecule has 0 radical (unpaired) electrons. The van der Waals surface area contributed by atoms with E-state index >= 15 is 0 Å². The molecule has 0 atom stereocenters. The van der Waals surface area contributed by atoms with E-state index in [1.807, 2.05) is 30.3 Å². The number of rotatable bonds is 5. The second-order valence-corrected chi connectivity index (χ2v) is 5.71. The molecule has 0 spiro atoms. The van der Waals surface area contributed by atoms with E-state index in [4.69, 9.17) is 0 Å². The molecular weight excluding hydrogens is 334 g/mol. The maximum absolute atomic E-state index is 13.5. The Morgan fingerprint density at radius 1 is 1.17 bits per heavy atom. The van der Waals surface area contributed by atoms with Crippen LogP contribution in [0.3, 0.4) is 0 Å². The number of para-hydroxylation sites is 1. The number of aromatic nitrogens is 3. The molecule has 24 heavy (non-hydrogen) atoms. The number of hydrogen-bond acceptors (Lipinski definition) is 4. The number of carbonyl (C=O) groups excluding carboxylic acids is 1. The lowest BCUT2D eigenvalue weighted by Crippen LogP contribution is -2.15. The number of benzene rings is 2. The Morgan fingerprint density at radius 3 is 2.75 bits per heavy atom. The zero-order valence-electron chi connectivity index (χ0n) is 12.3. The van der Waals surface area contributed by atoms with E-state index in [9.17, 15) is 13.6 Å². The number of anilines is 1. The van der Waals surface area contributed by atoms with Gasteiger partial charge in [-0.15, -0.1) is 5.10 Å². The third-order valence-electron chi connectivity index (χ3n) is 3.03. The van der Waals surface area contributed by atoms with Gasteiger partial charge in [0, 0.05) is 6.07 Å². The highest BCUT2D eigenvalue weighted by atomic mass is 32.2. The highest BCUT2D eigenvalue weighted by Gasteiger charge is 2.10. The predicted octanol–water partition coefficient (Wildman–Crippen LogP) is 3.28. The van der Waals surface area contributed by atoms with E-state index in [-0.39, 0.29) is 11.4 Å². The van der Waals surface area contributed by atoms with E-state index in [1.54, 1.807) is 11.0 Å². The molecule has 5 nitrogen and oxygen atoms in total. The Balaban J connectivity index is 1.59. The first kappa shape index (κ1) is 16.1.